The molecule has 0 saturated heterocycles. The molecule has 4 nitrogen and oxygen atoms in total. The lowest BCUT2D eigenvalue weighted by Gasteiger charge is -2.09. The van der Waals surface area contributed by atoms with Gasteiger partial charge >= 0.3 is 0 Å². The minimum absolute atomic E-state index is 0.216. The van der Waals surface area contributed by atoms with E-state index < -0.39 is 10.0 Å². The number of hydrogen-bond acceptors (Lipinski definition) is 4. The highest BCUT2D eigenvalue weighted by atomic mass is 32.2. The monoisotopic (exact) mass is 332 g/mol. The highest BCUT2D eigenvalue weighted by Gasteiger charge is 2.24. The summed E-state index contributed by atoms with van der Waals surface area (Å²) in [7, 11) is -3.65. The molecule has 1 heterocycles. The maximum Gasteiger partial charge on any atom is 0.262 e. The standard InChI is InChI=1S/C16H16N2O2S2/c1-11-6-8-12(9-7-11)22(19,20)18-16-14(10-17)13-4-2-3-5-15(13)21-16/h6-9,18H,2-5H2,1H3. The van der Waals surface area contributed by atoms with E-state index in [1.807, 2.05) is 6.92 Å². The molecule has 1 aliphatic rings. The van der Waals surface area contributed by atoms with Gasteiger partial charge in [0.05, 0.1) is 10.5 Å². The summed E-state index contributed by atoms with van der Waals surface area (Å²) in [6.45, 7) is 1.91. The van der Waals surface area contributed by atoms with Crippen molar-refractivity contribution in [2.24, 2.45) is 0 Å². The maximum atomic E-state index is 12.5. The summed E-state index contributed by atoms with van der Waals surface area (Å²) in [5.41, 5.74) is 2.53. The molecule has 0 bridgehead atoms. The second-order valence-electron chi connectivity index (χ2n) is 5.45. The fraction of sp³-hybridized carbons (Fsp3) is 0.312. The Kier molecular flexibility index (Phi) is 3.94. The van der Waals surface area contributed by atoms with Gasteiger partial charge in [-0.25, -0.2) is 8.42 Å². The molecule has 1 aliphatic carbocycles. The van der Waals surface area contributed by atoms with E-state index in [4.69, 9.17) is 0 Å². The predicted octanol–water partition coefficient (Wildman–Crippen LogP) is 3.61. The molecule has 1 aromatic heterocycles. The molecule has 0 atom stereocenters. The minimum Gasteiger partial charge on any atom is -0.269 e. The molecular formula is C16H16N2O2S2. The number of nitrogens with zero attached hydrogens (tertiary/aromatic N) is 1. The second kappa shape index (κ2) is 5.75. The van der Waals surface area contributed by atoms with E-state index in [0.29, 0.717) is 10.6 Å². The third-order valence-corrected chi connectivity index (χ3v) is 6.54. The van der Waals surface area contributed by atoms with Crippen LogP contribution in [0.1, 0.15) is 34.4 Å². The van der Waals surface area contributed by atoms with Crippen LogP contribution in [0.3, 0.4) is 0 Å². The number of sulfonamides is 1. The number of hydrogen-bond donors (Lipinski definition) is 1. The fourth-order valence-electron chi connectivity index (χ4n) is 2.65. The molecule has 0 spiro atoms. The fourth-order valence-corrected chi connectivity index (χ4v) is 5.20. The van der Waals surface area contributed by atoms with Crippen LogP contribution in [0.15, 0.2) is 29.2 Å². The average molecular weight is 332 g/mol. The first-order chi connectivity index (χ1) is 10.5. The Bertz CT molecular complexity index is 844. The molecule has 1 aromatic carbocycles. The van der Waals surface area contributed by atoms with Crippen LogP contribution in [-0.2, 0) is 22.9 Å². The van der Waals surface area contributed by atoms with Crippen LogP contribution in [-0.4, -0.2) is 8.42 Å². The smallest absolute Gasteiger partial charge is 0.262 e. The SMILES string of the molecule is Cc1ccc(S(=O)(=O)Nc2sc3c(c2C#N)CCCC3)cc1. The normalized spacial score (nSPS) is 14.2. The zero-order chi connectivity index (χ0) is 15.7. The summed E-state index contributed by atoms with van der Waals surface area (Å²) in [5, 5.41) is 9.84. The molecule has 22 heavy (non-hydrogen) atoms. The van der Waals surface area contributed by atoms with Gasteiger partial charge in [-0.05, 0) is 50.3 Å². The molecule has 0 amide bonds. The first-order valence-corrected chi connectivity index (χ1v) is 9.45. The number of benzene rings is 1. The number of thiophene rings is 1. The number of nitriles is 1. The highest BCUT2D eigenvalue weighted by Crippen LogP contribution is 2.38. The van der Waals surface area contributed by atoms with Crippen LogP contribution in [0.2, 0.25) is 0 Å². The molecule has 0 radical (unpaired) electrons. The predicted molar refractivity (Wildman–Crippen MR) is 87.7 cm³/mol. The second-order valence-corrected chi connectivity index (χ2v) is 8.23. The molecule has 2 aromatic rings. The average Bonchev–Trinajstić information content (AvgIpc) is 2.83. The van der Waals surface area contributed by atoms with Crippen molar-refractivity contribution in [1.82, 2.24) is 0 Å². The van der Waals surface area contributed by atoms with E-state index >= 15 is 0 Å². The Morgan fingerprint density at radius 3 is 2.55 bits per heavy atom. The Morgan fingerprint density at radius 1 is 1.18 bits per heavy atom. The summed E-state index contributed by atoms with van der Waals surface area (Å²) >= 11 is 1.40. The van der Waals surface area contributed by atoms with Gasteiger partial charge in [-0.1, -0.05) is 17.7 Å². The van der Waals surface area contributed by atoms with Crippen LogP contribution < -0.4 is 4.72 Å². The largest absolute Gasteiger partial charge is 0.269 e. The highest BCUT2D eigenvalue weighted by molar-refractivity contribution is 7.93. The summed E-state index contributed by atoms with van der Waals surface area (Å²) in [6, 6.07) is 8.86. The molecule has 0 aliphatic heterocycles. The number of rotatable bonds is 3. The van der Waals surface area contributed by atoms with E-state index in [1.165, 1.54) is 11.3 Å². The first kappa shape index (κ1) is 15.1. The molecule has 3 rings (SSSR count). The van der Waals surface area contributed by atoms with Gasteiger partial charge in [0.1, 0.15) is 11.1 Å². The number of anilines is 1. The molecule has 6 heteroatoms. The van der Waals surface area contributed by atoms with Gasteiger partial charge in [0.25, 0.3) is 10.0 Å². The van der Waals surface area contributed by atoms with Crippen molar-refractivity contribution in [2.45, 2.75) is 37.5 Å². The summed E-state index contributed by atoms with van der Waals surface area (Å²) in [4.78, 5) is 1.36. The lowest BCUT2D eigenvalue weighted by molar-refractivity contribution is 0.601. The van der Waals surface area contributed by atoms with Crippen molar-refractivity contribution in [3.63, 3.8) is 0 Å². The van der Waals surface area contributed by atoms with Crippen LogP contribution in [0.5, 0.6) is 0 Å². The minimum atomic E-state index is -3.65. The van der Waals surface area contributed by atoms with E-state index in [0.717, 1.165) is 41.7 Å². The van der Waals surface area contributed by atoms with Gasteiger partial charge in [0.15, 0.2) is 0 Å². The van der Waals surface area contributed by atoms with Crippen molar-refractivity contribution >= 4 is 26.4 Å². The van der Waals surface area contributed by atoms with E-state index in [1.54, 1.807) is 24.3 Å². The van der Waals surface area contributed by atoms with E-state index in [-0.39, 0.29) is 4.90 Å². The Labute approximate surface area is 134 Å². The molecule has 114 valence electrons. The summed E-state index contributed by atoms with van der Waals surface area (Å²) < 4.78 is 27.6. The van der Waals surface area contributed by atoms with Gasteiger partial charge in [-0.15, -0.1) is 11.3 Å². The third-order valence-electron chi connectivity index (χ3n) is 3.84. The summed E-state index contributed by atoms with van der Waals surface area (Å²) in [6.07, 6.45) is 3.95. The number of fused-ring (bicyclic) bond motifs is 1. The number of aryl methyl sites for hydroxylation is 2. The molecule has 0 saturated carbocycles. The lowest BCUT2D eigenvalue weighted by Crippen LogP contribution is -2.12. The molecule has 0 unspecified atom stereocenters. The topological polar surface area (TPSA) is 70.0 Å². The van der Waals surface area contributed by atoms with Crippen molar-refractivity contribution in [3.05, 3.63) is 45.8 Å². The molecular weight excluding hydrogens is 316 g/mol. The van der Waals surface area contributed by atoms with Gasteiger partial charge < -0.3 is 0 Å². The quantitative estimate of drug-likeness (QED) is 0.933. The first-order valence-electron chi connectivity index (χ1n) is 7.15. The van der Waals surface area contributed by atoms with Crippen molar-refractivity contribution in [1.29, 1.82) is 5.26 Å². The third kappa shape index (κ3) is 2.74. The Hall–Kier alpha value is -1.84. The van der Waals surface area contributed by atoms with Crippen LogP contribution >= 0.6 is 11.3 Å². The molecule has 1 N–H and O–H groups in total. The zero-order valence-corrected chi connectivity index (χ0v) is 13.9. The number of nitrogens with one attached hydrogen (secondary N) is 1. The lowest BCUT2D eigenvalue weighted by atomic mass is 9.96. The van der Waals surface area contributed by atoms with Gasteiger partial charge in [0, 0.05) is 4.88 Å². The van der Waals surface area contributed by atoms with Gasteiger partial charge in [-0.3, -0.25) is 4.72 Å². The van der Waals surface area contributed by atoms with Crippen LogP contribution in [0.25, 0.3) is 0 Å². The van der Waals surface area contributed by atoms with Crippen molar-refractivity contribution in [2.75, 3.05) is 4.72 Å². The van der Waals surface area contributed by atoms with E-state index in [9.17, 15) is 13.7 Å². The Balaban J connectivity index is 1.97. The van der Waals surface area contributed by atoms with Crippen molar-refractivity contribution in [3.8, 4) is 6.07 Å². The Morgan fingerprint density at radius 2 is 1.86 bits per heavy atom. The summed E-state index contributed by atoms with van der Waals surface area (Å²) in [5.74, 6) is 0. The van der Waals surface area contributed by atoms with Crippen LogP contribution in [0.4, 0.5) is 5.00 Å². The molecule has 0 fully saturated rings. The van der Waals surface area contributed by atoms with E-state index in [2.05, 4.69) is 10.8 Å². The zero-order valence-electron chi connectivity index (χ0n) is 12.2. The maximum absolute atomic E-state index is 12.5. The van der Waals surface area contributed by atoms with Gasteiger partial charge in [-0.2, -0.15) is 5.26 Å². The van der Waals surface area contributed by atoms with Crippen molar-refractivity contribution < 1.29 is 8.42 Å². The van der Waals surface area contributed by atoms with Gasteiger partial charge in [0.2, 0.25) is 0 Å². The van der Waals surface area contributed by atoms with Crippen LogP contribution in [0, 0.1) is 18.3 Å².